The van der Waals surface area contributed by atoms with Gasteiger partial charge in [-0.25, -0.2) is 0 Å². The maximum Gasteiger partial charge on any atom is 0.0636 e. The molecule has 2 aromatic carbocycles. The standard InChI is InChI=1S/C15H17ClN2/c1-11-7-8-12(9-14(11)16)15(10-17)18-13-5-3-2-4-6-13/h2-9,15,18H,10,17H2,1H3. The minimum atomic E-state index is 0.0745. The van der Waals surface area contributed by atoms with Crippen LogP contribution in [0, 0.1) is 6.92 Å². The molecule has 0 aliphatic heterocycles. The lowest BCUT2D eigenvalue weighted by molar-refractivity contribution is 0.790. The summed E-state index contributed by atoms with van der Waals surface area (Å²) in [4.78, 5) is 0. The summed E-state index contributed by atoms with van der Waals surface area (Å²) in [5, 5.41) is 4.19. The largest absolute Gasteiger partial charge is 0.377 e. The van der Waals surface area contributed by atoms with Crippen molar-refractivity contribution in [2.75, 3.05) is 11.9 Å². The Hall–Kier alpha value is -1.51. The van der Waals surface area contributed by atoms with Crippen LogP contribution in [0.4, 0.5) is 5.69 Å². The average Bonchev–Trinajstić information content (AvgIpc) is 2.40. The van der Waals surface area contributed by atoms with Gasteiger partial charge in [0, 0.05) is 17.3 Å². The number of rotatable bonds is 4. The number of aryl methyl sites for hydroxylation is 1. The third kappa shape index (κ3) is 3.03. The molecule has 0 aliphatic rings. The molecule has 94 valence electrons. The predicted molar refractivity (Wildman–Crippen MR) is 78.0 cm³/mol. The molecule has 0 spiro atoms. The topological polar surface area (TPSA) is 38.0 Å². The molecule has 3 N–H and O–H groups in total. The highest BCUT2D eigenvalue weighted by atomic mass is 35.5. The number of hydrogen-bond donors (Lipinski definition) is 2. The molecule has 0 fully saturated rings. The van der Waals surface area contributed by atoms with Crippen molar-refractivity contribution in [3.63, 3.8) is 0 Å². The number of benzene rings is 2. The van der Waals surface area contributed by atoms with Gasteiger partial charge in [0.2, 0.25) is 0 Å². The summed E-state index contributed by atoms with van der Waals surface area (Å²) in [6.45, 7) is 2.52. The van der Waals surface area contributed by atoms with Crippen LogP contribution in [0.2, 0.25) is 5.02 Å². The number of halogens is 1. The monoisotopic (exact) mass is 260 g/mol. The van der Waals surface area contributed by atoms with E-state index in [1.165, 1.54) is 0 Å². The molecular weight excluding hydrogens is 244 g/mol. The van der Waals surface area contributed by atoms with Crippen molar-refractivity contribution < 1.29 is 0 Å². The summed E-state index contributed by atoms with van der Waals surface area (Å²) in [6.07, 6.45) is 0. The lowest BCUT2D eigenvalue weighted by atomic mass is 10.0. The Kier molecular flexibility index (Phi) is 4.24. The van der Waals surface area contributed by atoms with Gasteiger partial charge in [0.05, 0.1) is 6.04 Å². The molecule has 0 amide bonds. The van der Waals surface area contributed by atoms with Crippen LogP contribution in [0.25, 0.3) is 0 Å². The van der Waals surface area contributed by atoms with E-state index in [1.807, 2.05) is 49.4 Å². The maximum atomic E-state index is 6.15. The van der Waals surface area contributed by atoms with E-state index in [-0.39, 0.29) is 6.04 Å². The fourth-order valence-electron chi connectivity index (χ4n) is 1.84. The molecule has 0 saturated carbocycles. The number of hydrogen-bond acceptors (Lipinski definition) is 2. The van der Waals surface area contributed by atoms with Gasteiger partial charge in [-0.15, -0.1) is 0 Å². The summed E-state index contributed by atoms with van der Waals surface area (Å²) >= 11 is 6.15. The van der Waals surface area contributed by atoms with Gasteiger partial charge in [-0.3, -0.25) is 0 Å². The molecule has 3 heteroatoms. The van der Waals surface area contributed by atoms with E-state index in [4.69, 9.17) is 17.3 Å². The summed E-state index contributed by atoms with van der Waals surface area (Å²) < 4.78 is 0. The molecule has 0 aromatic heterocycles. The molecule has 0 radical (unpaired) electrons. The van der Waals surface area contributed by atoms with Crippen LogP contribution in [0.15, 0.2) is 48.5 Å². The smallest absolute Gasteiger partial charge is 0.0636 e. The third-order valence-corrected chi connectivity index (χ3v) is 3.36. The Morgan fingerprint density at radius 3 is 2.50 bits per heavy atom. The van der Waals surface area contributed by atoms with Gasteiger partial charge in [0.15, 0.2) is 0 Å². The fourth-order valence-corrected chi connectivity index (χ4v) is 2.03. The van der Waals surface area contributed by atoms with Crippen molar-refractivity contribution in [2.24, 2.45) is 5.73 Å². The van der Waals surface area contributed by atoms with Crippen molar-refractivity contribution in [1.29, 1.82) is 0 Å². The lowest BCUT2D eigenvalue weighted by Crippen LogP contribution is -2.20. The van der Waals surface area contributed by atoms with Crippen molar-refractivity contribution >= 4 is 17.3 Å². The van der Waals surface area contributed by atoms with E-state index >= 15 is 0 Å². The summed E-state index contributed by atoms with van der Waals surface area (Å²) in [6, 6.07) is 16.2. The predicted octanol–water partition coefficient (Wildman–Crippen LogP) is 3.76. The van der Waals surface area contributed by atoms with E-state index in [0.29, 0.717) is 6.54 Å². The molecule has 1 unspecified atom stereocenters. The molecule has 0 aliphatic carbocycles. The van der Waals surface area contributed by atoms with Crippen molar-refractivity contribution in [3.8, 4) is 0 Å². The normalized spacial score (nSPS) is 12.2. The molecule has 18 heavy (non-hydrogen) atoms. The Morgan fingerprint density at radius 2 is 1.89 bits per heavy atom. The molecule has 2 aromatic rings. The molecule has 1 atom stereocenters. The second kappa shape index (κ2) is 5.89. The average molecular weight is 261 g/mol. The number of nitrogens with one attached hydrogen (secondary N) is 1. The van der Waals surface area contributed by atoms with Crippen molar-refractivity contribution in [1.82, 2.24) is 0 Å². The Balaban J connectivity index is 2.20. The maximum absolute atomic E-state index is 6.15. The van der Waals surface area contributed by atoms with Gasteiger partial charge >= 0.3 is 0 Å². The van der Waals surface area contributed by atoms with Gasteiger partial charge in [-0.2, -0.15) is 0 Å². The van der Waals surface area contributed by atoms with Crippen LogP contribution in [0.3, 0.4) is 0 Å². The van der Waals surface area contributed by atoms with Crippen molar-refractivity contribution in [3.05, 3.63) is 64.7 Å². The van der Waals surface area contributed by atoms with E-state index in [1.54, 1.807) is 0 Å². The molecule has 0 saturated heterocycles. The van der Waals surface area contributed by atoms with Crippen LogP contribution >= 0.6 is 11.6 Å². The Bertz CT molecular complexity index is 511. The number of anilines is 1. The van der Waals surface area contributed by atoms with Crippen LogP contribution in [-0.2, 0) is 0 Å². The zero-order chi connectivity index (χ0) is 13.0. The summed E-state index contributed by atoms with van der Waals surface area (Å²) in [5.74, 6) is 0. The van der Waals surface area contributed by atoms with Gasteiger partial charge in [-0.1, -0.05) is 41.9 Å². The highest BCUT2D eigenvalue weighted by Gasteiger charge is 2.10. The zero-order valence-corrected chi connectivity index (χ0v) is 11.1. The van der Waals surface area contributed by atoms with Crippen LogP contribution in [0.1, 0.15) is 17.2 Å². The van der Waals surface area contributed by atoms with Gasteiger partial charge in [0.1, 0.15) is 0 Å². The lowest BCUT2D eigenvalue weighted by Gasteiger charge is -2.19. The summed E-state index contributed by atoms with van der Waals surface area (Å²) in [5.41, 5.74) is 9.08. The minimum Gasteiger partial charge on any atom is -0.377 e. The van der Waals surface area contributed by atoms with E-state index < -0.39 is 0 Å². The first kappa shape index (κ1) is 12.9. The SMILES string of the molecule is Cc1ccc(C(CN)Nc2ccccc2)cc1Cl. The molecule has 0 heterocycles. The minimum absolute atomic E-state index is 0.0745. The van der Waals surface area contributed by atoms with E-state index in [9.17, 15) is 0 Å². The second-order valence-electron chi connectivity index (χ2n) is 4.31. The van der Waals surface area contributed by atoms with Crippen LogP contribution in [-0.4, -0.2) is 6.54 Å². The molecular formula is C15H17ClN2. The first-order valence-corrected chi connectivity index (χ1v) is 6.36. The van der Waals surface area contributed by atoms with Crippen LogP contribution in [0.5, 0.6) is 0 Å². The second-order valence-corrected chi connectivity index (χ2v) is 4.71. The Morgan fingerprint density at radius 1 is 1.17 bits per heavy atom. The molecule has 0 bridgehead atoms. The van der Waals surface area contributed by atoms with Gasteiger partial charge in [0.25, 0.3) is 0 Å². The van der Waals surface area contributed by atoms with Gasteiger partial charge in [-0.05, 0) is 36.2 Å². The van der Waals surface area contributed by atoms with Crippen LogP contribution < -0.4 is 11.1 Å². The number of para-hydroxylation sites is 1. The highest BCUT2D eigenvalue weighted by molar-refractivity contribution is 6.31. The quantitative estimate of drug-likeness (QED) is 0.878. The number of nitrogens with two attached hydrogens (primary N) is 1. The first-order valence-electron chi connectivity index (χ1n) is 5.98. The molecule has 2 rings (SSSR count). The molecule has 2 nitrogen and oxygen atoms in total. The van der Waals surface area contributed by atoms with E-state index in [2.05, 4.69) is 11.4 Å². The van der Waals surface area contributed by atoms with E-state index in [0.717, 1.165) is 21.8 Å². The highest BCUT2D eigenvalue weighted by Crippen LogP contribution is 2.23. The van der Waals surface area contributed by atoms with Crippen molar-refractivity contribution in [2.45, 2.75) is 13.0 Å². The fraction of sp³-hybridized carbons (Fsp3) is 0.200. The summed E-state index contributed by atoms with van der Waals surface area (Å²) in [7, 11) is 0. The van der Waals surface area contributed by atoms with Gasteiger partial charge < -0.3 is 11.1 Å². The first-order chi connectivity index (χ1) is 8.70. The third-order valence-electron chi connectivity index (χ3n) is 2.95. The Labute approximate surface area is 113 Å². The zero-order valence-electron chi connectivity index (χ0n) is 10.4.